The molecule has 0 saturated carbocycles. The third kappa shape index (κ3) is 3.47. The van der Waals surface area contributed by atoms with Crippen LogP contribution in [0.2, 0.25) is 0 Å². The Balaban J connectivity index is 1.89. The summed E-state index contributed by atoms with van der Waals surface area (Å²) < 4.78 is 0. The molecule has 0 fully saturated rings. The molecule has 1 aromatic heterocycles. The maximum Gasteiger partial charge on any atom is 0.224 e. The van der Waals surface area contributed by atoms with Gasteiger partial charge in [0.25, 0.3) is 0 Å². The quantitative estimate of drug-likeness (QED) is 0.877. The van der Waals surface area contributed by atoms with Gasteiger partial charge < -0.3 is 5.32 Å². The first-order valence-corrected chi connectivity index (χ1v) is 6.99. The number of anilines is 1. The Hall–Kier alpha value is -2.10. The second-order valence-corrected chi connectivity index (χ2v) is 5.01. The molecule has 0 unspecified atom stereocenters. The Morgan fingerprint density at radius 2 is 1.95 bits per heavy atom. The van der Waals surface area contributed by atoms with Gasteiger partial charge in [-0.1, -0.05) is 19.1 Å². The number of aromatic nitrogens is 2. The summed E-state index contributed by atoms with van der Waals surface area (Å²) in [6.07, 6.45) is 2.19. The van der Waals surface area contributed by atoms with Gasteiger partial charge in [0.1, 0.15) is 0 Å². The number of hydrogen-bond acceptors (Lipinski definition) is 2. The number of benzene rings is 1. The molecule has 2 N–H and O–H groups in total. The zero-order valence-corrected chi connectivity index (χ0v) is 12.3. The van der Waals surface area contributed by atoms with E-state index in [1.54, 1.807) is 0 Å². The molecule has 0 aliphatic heterocycles. The molecule has 0 bridgehead atoms. The van der Waals surface area contributed by atoms with E-state index in [1.165, 1.54) is 5.56 Å². The predicted octanol–water partition coefficient (Wildman–Crippen LogP) is 3.16. The average Bonchev–Trinajstić information content (AvgIpc) is 2.77. The lowest BCUT2D eigenvalue weighted by atomic mass is 10.1. The number of nitrogens with one attached hydrogen (secondary N) is 2. The number of rotatable bonds is 5. The van der Waals surface area contributed by atoms with Crippen LogP contribution in [0, 0.1) is 13.8 Å². The summed E-state index contributed by atoms with van der Waals surface area (Å²) in [5.74, 6) is 0.0363. The summed E-state index contributed by atoms with van der Waals surface area (Å²) in [7, 11) is 0. The van der Waals surface area contributed by atoms with E-state index in [1.807, 2.05) is 38.1 Å². The van der Waals surface area contributed by atoms with Crippen molar-refractivity contribution in [2.75, 3.05) is 5.32 Å². The van der Waals surface area contributed by atoms with Crippen LogP contribution in [0.4, 0.5) is 5.69 Å². The van der Waals surface area contributed by atoms with Crippen LogP contribution >= 0.6 is 0 Å². The first kappa shape index (κ1) is 14.3. The molecule has 106 valence electrons. The predicted molar refractivity (Wildman–Crippen MR) is 80.8 cm³/mol. The molecule has 0 spiro atoms. The molecule has 1 aromatic carbocycles. The molecule has 4 nitrogen and oxygen atoms in total. The molecule has 0 atom stereocenters. The van der Waals surface area contributed by atoms with E-state index in [0.717, 1.165) is 29.1 Å². The summed E-state index contributed by atoms with van der Waals surface area (Å²) in [6.45, 7) is 6.06. The number of carbonyl (C=O) groups excluding carboxylic acids is 1. The minimum absolute atomic E-state index is 0.0363. The lowest BCUT2D eigenvalue weighted by molar-refractivity contribution is -0.116. The van der Waals surface area contributed by atoms with E-state index in [4.69, 9.17) is 0 Å². The largest absolute Gasteiger partial charge is 0.326 e. The number of hydrogen-bond donors (Lipinski definition) is 2. The lowest BCUT2D eigenvalue weighted by Crippen LogP contribution is -2.12. The molecule has 4 heteroatoms. The van der Waals surface area contributed by atoms with Gasteiger partial charge in [-0.2, -0.15) is 5.10 Å². The van der Waals surface area contributed by atoms with Gasteiger partial charge in [0, 0.05) is 17.8 Å². The lowest BCUT2D eigenvalue weighted by Gasteiger charge is -2.06. The maximum absolute atomic E-state index is 11.9. The number of aromatic amines is 1. The Morgan fingerprint density at radius 3 is 2.50 bits per heavy atom. The highest BCUT2D eigenvalue weighted by Crippen LogP contribution is 2.14. The van der Waals surface area contributed by atoms with Crippen molar-refractivity contribution < 1.29 is 4.79 Å². The second kappa shape index (κ2) is 6.37. The molecule has 0 saturated heterocycles. The van der Waals surface area contributed by atoms with E-state index in [9.17, 15) is 4.79 Å². The number of H-pyrrole nitrogens is 1. The summed E-state index contributed by atoms with van der Waals surface area (Å²) in [4.78, 5) is 11.9. The van der Waals surface area contributed by atoms with Crippen molar-refractivity contribution in [1.82, 2.24) is 10.2 Å². The van der Waals surface area contributed by atoms with Gasteiger partial charge in [0.05, 0.1) is 5.69 Å². The van der Waals surface area contributed by atoms with Crippen LogP contribution in [-0.2, 0) is 17.6 Å². The molecular formula is C16H21N3O. The molecule has 1 amide bonds. The molecule has 2 rings (SSSR count). The minimum atomic E-state index is 0.0363. The van der Waals surface area contributed by atoms with E-state index in [0.29, 0.717) is 12.8 Å². The fourth-order valence-electron chi connectivity index (χ4n) is 2.23. The zero-order chi connectivity index (χ0) is 14.5. The van der Waals surface area contributed by atoms with Crippen LogP contribution in [0.3, 0.4) is 0 Å². The van der Waals surface area contributed by atoms with Crippen LogP contribution in [0.1, 0.15) is 35.9 Å². The van der Waals surface area contributed by atoms with E-state index in [-0.39, 0.29) is 5.91 Å². The number of nitrogens with zero attached hydrogens (tertiary/aromatic N) is 1. The van der Waals surface area contributed by atoms with Crippen LogP contribution in [-0.4, -0.2) is 16.1 Å². The Labute approximate surface area is 119 Å². The van der Waals surface area contributed by atoms with Crippen molar-refractivity contribution in [3.63, 3.8) is 0 Å². The standard InChI is InChI=1S/C16H21N3O/c1-4-13-5-7-14(8-6-13)17-16(20)10-9-15-11(2)18-19-12(15)3/h5-8H,4,9-10H2,1-3H3,(H,17,20)(H,18,19). The van der Waals surface area contributed by atoms with E-state index in [2.05, 4.69) is 22.4 Å². The van der Waals surface area contributed by atoms with Gasteiger partial charge in [-0.15, -0.1) is 0 Å². The molecule has 2 aromatic rings. The first-order chi connectivity index (χ1) is 9.60. The van der Waals surface area contributed by atoms with Crippen LogP contribution < -0.4 is 5.32 Å². The van der Waals surface area contributed by atoms with Gasteiger partial charge in [0.15, 0.2) is 0 Å². The molecule has 0 aliphatic rings. The summed E-state index contributed by atoms with van der Waals surface area (Å²) in [5, 5.41) is 10.0. The summed E-state index contributed by atoms with van der Waals surface area (Å²) in [5.41, 5.74) is 5.28. The Kier molecular flexibility index (Phi) is 4.56. The third-order valence-corrected chi connectivity index (χ3v) is 3.53. The monoisotopic (exact) mass is 271 g/mol. The zero-order valence-electron chi connectivity index (χ0n) is 12.3. The van der Waals surface area contributed by atoms with Crippen LogP contribution in [0.25, 0.3) is 0 Å². The second-order valence-electron chi connectivity index (χ2n) is 5.01. The molecule has 0 aliphatic carbocycles. The molecule has 1 heterocycles. The maximum atomic E-state index is 11.9. The van der Waals surface area contributed by atoms with E-state index < -0.39 is 0 Å². The van der Waals surface area contributed by atoms with Crippen molar-refractivity contribution in [3.8, 4) is 0 Å². The highest BCUT2D eigenvalue weighted by molar-refractivity contribution is 5.90. The topological polar surface area (TPSA) is 57.8 Å². The van der Waals surface area contributed by atoms with Gasteiger partial charge in [0.2, 0.25) is 5.91 Å². The first-order valence-electron chi connectivity index (χ1n) is 6.99. The number of amides is 1. The fourth-order valence-corrected chi connectivity index (χ4v) is 2.23. The highest BCUT2D eigenvalue weighted by atomic mass is 16.1. The van der Waals surface area contributed by atoms with Gasteiger partial charge in [-0.25, -0.2) is 0 Å². The van der Waals surface area contributed by atoms with Gasteiger partial charge in [-0.05, 0) is 49.9 Å². The Bertz CT molecular complexity index is 565. The molecule has 0 radical (unpaired) electrons. The normalized spacial score (nSPS) is 10.6. The van der Waals surface area contributed by atoms with Crippen molar-refractivity contribution in [2.45, 2.75) is 40.0 Å². The number of carbonyl (C=O) groups is 1. The summed E-state index contributed by atoms with van der Waals surface area (Å²) in [6, 6.07) is 7.98. The average molecular weight is 271 g/mol. The van der Waals surface area contributed by atoms with Crippen molar-refractivity contribution in [3.05, 3.63) is 46.8 Å². The smallest absolute Gasteiger partial charge is 0.224 e. The van der Waals surface area contributed by atoms with Crippen LogP contribution in [0.5, 0.6) is 0 Å². The summed E-state index contributed by atoms with van der Waals surface area (Å²) >= 11 is 0. The van der Waals surface area contributed by atoms with Gasteiger partial charge >= 0.3 is 0 Å². The van der Waals surface area contributed by atoms with Crippen molar-refractivity contribution >= 4 is 11.6 Å². The number of aryl methyl sites for hydroxylation is 3. The molecule has 20 heavy (non-hydrogen) atoms. The third-order valence-electron chi connectivity index (χ3n) is 3.53. The minimum Gasteiger partial charge on any atom is -0.326 e. The highest BCUT2D eigenvalue weighted by Gasteiger charge is 2.09. The fraction of sp³-hybridized carbons (Fsp3) is 0.375. The molecular weight excluding hydrogens is 250 g/mol. The Morgan fingerprint density at radius 1 is 1.25 bits per heavy atom. The van der Waals surface area contributed by atoms with Gasteiger partial charge in [-0.3, -0.25) is 9.89 Å². The van der Waals surface area contributed by atoms with Crippen LogP contribution in [0.15, 0.2) is 24.3 Å². The van der Waals surface area contributed by atoms with Crippen molar-refractivity contribution in [1.29, 1.82) is 0 Å². The SMILES string of the molecule is CCc1ccc(NC(=O)CCc2c(C)n[nH]c2C)cc1. The van der Waals surface area contributed by atoms with Crippen molar-refractivity contribution in [2.24, 2.45) is 0 Å². The van der Waals surface area contributed by atoms with E-state index >= 15 is 0 Å².